The van der Waals surface area contributed by atoms with Gasteiger partial charge in [0.2, 0.25) is 0 Å². The van der Waals surface area contributed by atoms with Crippen molar-refractivity contribution >= 4 is 11.7 Å². The topological polar surface area (TPSA) is 83.0 Å². The maximum Gasteiger partial charge on any atom is 0.338 e. The number of esters is 1. The third-order valence-electron chi connectivity index (χ3n) is 3.50. The third kappa shape index (κ3) is 2.72. The molecule has 7 heteroatoms. The standard InChI is InChI=1S/C14H15FN4O2/c15-10-7-9(4-5-11(10)16)14(20)21-8-13-18-17-12-3-1-2-6-19(12)13/h4-5,7H,1-3,6,8,16H2. The number of fused-ring (bicyclic) bond motifs is 1. The van der Waals surface area contributed by atoms with E-state index in [0.29, 0.717) is 5.82 Å². The summed E-state index contributed by atoms with van der Waals surface area (Å²) in [4.78, 5) is 11.9. The molecule has 1 aliphatic heterocycles. The largest absolute Gasteiger partial charge is 0.454 e. The Balaban J connectivity index is 1.68. The van der Waals surface area contributed by atoms with Gasteiger partial charge in [0.25, 0.3) is 0 Å². The number of carbonyl (C=O) groups is 1. The Morgan fingerprint density at radius 2 is 2.24 bits per heavy atom. The molecule has 1 aromatic carbocycles. The molecule has 2 N–H and O–H groups in total. The van der Waals surface area contributed by atoms with Crippen LogP contribution in [0.4, 0.5) is 10.1 Å². The average Bonchev–Trinajstić information content (AvgIpc) is 2.91. The number of carbonyl (C=O) groups excluding carboxylic acids is 1. The fourth-order valence-corrected chi connectivity index (χ4v) is 2.34. The van der Waals surface area contributed by atoms with E-state index in [0.717, 1.165) is 37.7 Å². The fourth-order valence-electron chi connectivity index (χ4n) is 2.34. The lowest BCUT2D eigenvalue weighted by molar-refractivity contribution is 0.0456. The van der Waals surface area contributed by atoms with Crippen LogP contribution in [0.5, 0.6) is 0 Å². The smallest absolute Gasteiger partial charge is 0.338 e. The number of aryl methyl sites for hydroxylation is 1. The van der Waals surface area contributed by atoms with Crippen LogP contribution in [-0.2, 0) is 24.3 Å². The van der Waals surface area contributed by atoms with Crippen molar-refractivity contribution in [3.63, 3.8) is 0 Å². The number of nitrogens with two attached hydrogens (primary N) is 1. The predicted octanol–water partition coefficient (Wildman–Crippen LogP) is 1.69. The Morgan fingerprint density at radius 3 is 3.05 bits per heavy atom. The van der Waals surface area contributed by atoms with E-state index in [4.69, 9.17) is 10.5 Å². The summed E-state index contributed by atoms with van der Waals surface area (Å²) >= 11 is 0. The molecule has 6 nitrogen and oxygen atoms in total. The van der Waals surface area contributed by atoms with Crippen molar-refractivity contribution in [3.05, 3.63) is 41.2 Å². The van der Waals surface area contributed by atoms with Crippen molar-refractivity contribution in [1.82, 2.24) is 14.8 Å². The van der Waals surface area contributed by atoms with E-state index < -0.39 is 11.8 Å². The fraction of sp³-hybridized carbons (Fsp3) is 0.357. The highest BCUT2D eigenvalue weighted by Crippen LogP contribution is 2.16. The molecule has 2 aromatic rings. The summed E-state index contributed by atoms with van der Waals surface area (Å²) in [5, 5.41) is 8.12. The number of anilines is 1. The number of halogens is 1. The van der Waals surface area contributed by atoms with Crippen LogP contribution in [0.3, 0.4) is 0 Å². The van der Waals surface area contributed by atoms with E-state index in [-0.39, 0.29) is 17.9 Å². The number of nitrogens with zero attached hydrogens (tertiary/aromatic N) is 3. The van der Waals surface area contributed by atoms with E-state index >= 15 is 0 Å². The summed E-state index contributed by atoms with van der Waals surface area (Å²) in [5.74, 6) is 0.297. The molecule has 0 unspecified atom stereocenters. The Morgan fingerprint density at radius 1 is 1.38 bits per heavy atom. The quantitative estimate of drug-likeness (QED) is 0.687. The zero-order valence-electron chi connectivity index (χ0n) is 11.4. The molecule has 1 aliphatic rings. The molecule has 21 heavy (non-hydrogen) atoms. The monoisotopic (exact) mass is 290 g/mol. The molecule has 110 valence electrons. The molecule has 0 aliphatic carbocycles. The van der Waals surface area contributed by atoms with Gasteiger partial charge in [-0.05, 0) is 31.0 Å². The van der Waals surface area contributed by atoms with Crippen LogP contribution in [0.15, 0.2) is 18.2 Å². The van der Waals surface area contributed by atoms with Gasteiger partial charge in [0.05, 0.1) is 11.3 Å². The van der Waals surface area contributed by atoms with E-state index in [1.165, 1.54) is 12.1 Å². The molecule has 0 radical (unpaired) electrons. The average molecular weight is 290 g/mol. The Labute approximate surface area is 120 Å². The summed E-state index contributed by atoms with van der Waals surface area (Å²) in [7, 11) is 0. The second-order valence-corrected chi connectivity index (χ2v) is 4.95. The van der Waals surface area contributed by atoms with Crippen molar-refractivity contribution in [3.8, 4) is 0 Å². The van der Waals surface area contributed by atoms with Crippen LogP contribution in [0.1, 0.15) is 34.8 Å². The maximum absolute atomic E-state index is 13.3. The van der Waals surface area contributed by atoms with Crippen LogP contribution < -0.4 is 5.73 Å². The molecule has 0 amide bonds. The SMILES string of the molecule is Nc1ccc(C(=O)OCc2nnc3n2CCCC3)cc1F. The molecular formula is C14H15FN4O2. The van der Waals surface area contributed by atoms with Crippen LogP contribution in [0, 0.1) is 5.82 Å². The second kappa shape index (κ2) is 5.51. The molecular weight excluding hydrogens is 275 g/mol. The molecule has 2 heterocycles. The van der Waals surface area contributed by atoms with E-state index in [9.17, 15) is 9.18 Å². The van der Waals surface area contributed by atoms with Gasteiger partial charge in [-0.2, -0.15) is 0 Å². The van der Waals surface area contributed by atoms with Gasteiger partial charge in [-0.15, -0.1) is 10.2 Å². The lowest BCUT2D eigenvalue weighted by atomic mass is 10.2. The zero-order chi connectivity index (χ0) is 14.8. The van der Waals surface area contributed by atoms with Crippen LogP contribution in [0.25, 0.3) is 0 Å². The summed E-state index contributed by atoms with van der Waals surface area (Å²) < 4.78 is 20.5. The number of ether oxygens (including phenoxy) is 1. The normalized spacial score (nSPS) is 13.8. The predicted molar refractivity (Wildman–Crippen MR) is 72.9 cm³/mol. The van der Waals surface area contributed by atoms with Gasteiger partial charge in [-0.3, -0.25) is 0 Å². The molecule has 0 atom stereocenters. The molecule has 0 saturated heterocycles. The second-order valence-electron chi connectivity index (χ2n) is 4.95. The van der Waals surface area contributed by atoms with Gasteiger partial charge in [-0.1, -0.05) is 0 Å². The molecule has 3 rings (SSSR count). The van der Waals surface area contributed by atoms with E-state index in [2.05, 4.69) is 10.2 Å². The molecule has 0 spiro atoms. The van der Waals surface area contributed by atoms with Crippen molar-refractivity contribution in [2.45, 2.75) is 32.4 Å². The van der Waals surface area contributed by atoms with Gasteiger partial charge in [-0.25, -0.2) is 9.18 Å². The van der Waals surface area contributed by atoms with Crippen molar-refractivity contribution < 1.29 is 13.9 Å². The number of hydrogen-bond donors (Lipinski definition) is 1. The Hall–Kier alpha value is -2.44. The summed E-state index contributed by atoms with van der Waals surface area (Å²) in [6.07, 6.45) is 3.06. The first-order valence-corrected chi connectivity index (χ1v) is 6.78. The van der Waals surface area contributed by atoms with Crippen LogP contribution in [-0.4, -0.2) is 20.7 Å². The van der Waals surface area contributed by atoms with Crippen molar-refractivity contribution in [2.24, 2.45) is 0 Å². The minimum atomic E-state index is -0.635. The molecule has 1 aromatic heterocycles. The van der Waals surface area contributed by atoms with Crippen LogP contribution in [0.2, 0.25) is 0 Å². The lowest BCUT2D eigenvalue weighted by Gasteiger charge is -2.14. The summed E-state index contributed by atoms with van der Waals surface area (Å²) in [6, 6.07) is 3.84. The van der Waals surface area contributed by atoms with Crippen molar-refractivity contribution in [1.29, 1.82) is 0 Å². The number of hydrogen-bond acceptors (Lipinski definition) is 5. The van der Waals surface area contributed by atoms with Crippen LogP contribution >= 0.6 is 0 Å². The van der Waals surface area contributed by atoms with Gasteiger partial charge >= 0.3 is 5.97 Å². The van der Waals surface area contributed by atoms with Gasteiger partial charge in [0.1, 0.15) is 11.6 Å². The highest BCUT2D eigenvalue weighted by atomic mass is 19.1. The number of rotatable bonds is 3. The number of benzene rings is 1. The summed E-state index contributed by atoms with van der Waals surface area (Å²) in [6.45, 7) is 0.865. The highest BCUT2D eigenvalue weighted by molar-refractivity contribution is 5.89. The minimum Gasteiger partial charge on any atom is -0.454 e. The lowest BCUT2D eigenvalue weighted by Crippen LogP contribution is -2.15. The first-order valence-electron chi connectivity index (χ1n) is 6.78. The molecule has 0 bridgehead atoms. The Bertz CT molecular complexity index is 684. The maximum atomic E-state index is 13.3. The minimum absolute atomic E-state index is 0.00178. The summed E-state index contributed by atoms with van der Waals surface area (Å²) in [5.41, 5.74) is 5.49. The number of aromatic nitrogens is 3. The first-order chi connectivity index (χ1) is 10.1. The Kier molecular flexibility index (Phi) is 3.55. The van der Waals surface area contributed by atoms with Gasteiger partial charge < -0.3 is 15.0 Å². The van der Waals surface area contributed by atoms with E-state index in [1.807, 2.05) is 4.57 Å². The van der Waals surface area contributed by atoms with Gasteiger partial charge in [0, 0.05) is 13.0 Å². The zero-order valence-corrected chi connectivity index (χ0v) is 11.4. The highest BCUT2D eigenvalue weighted by Gasteiger charge is 2.17. The van der Waals surface area contributed by atoms with E-state index in [1.54, 1.807) is 0 Å². The third-order valence-corrected chi connectivity index (χ3v) is 3.50. The number of nitrogen functional groups attached to an aromatic ring is 1. The van der Waals surface area contributed by atoms with Crippen molar-refractivity contribution in [2.75, 3.05) is 5.73 Å². The molecule has 0 saturated carbocycles. The molecule has 0 fully saturated rings. The van der Waals surface area contributed by atoms with Gasteiger partial charge in [0.15, 0.2) is 12.4 Å². The first kappa shape index (κ1) is 13.5.